The number of carbonyl (C=O) groups is 2. The summed E-state index contributed by atoms with van der Waals surface area (Å²) in [4.78, 5) is 23.7. The third kappa shape index (κ3) is 5.76. The number of hydrogen-bond acceptors (Lipinski definition) is 3. The van der Waals surface area contributed by atoms with Crippen molar-refractivity contribution in [2.24, 2.45) is 0 Å². The predicted molar refractivity (Wildman–Crippen MR) is 92.6 cm³/mol. The number of methoxy groups -OCH3 is 1. The van der Waals surface area contributed by atoms with E-state index in [0.29, 0.717) is 19.5 Å². The van der Waals surface area contributed by atoms with E-state index in [2.05, 4.69) is 10.6 Å². The zero-order valence-corrected chi connectivity index (χ0v) is 13.7. The maximum atomic E-state index is 11.9. The topological polar surface area (TPSA) is 67.4 Å². The summed E-state index contributed by atoms with van der Waals surface area (Å²) in [5, 5.41) is 5.59. The van der Waals surface area contributed by atoms with Crippen molar-refractivity contribution in [1.82, 2.24) is 10.6 Å². The molecule has 0 aliphatic rings. The highest BCUT2D eigenvalue weighted by molar-refractivity contribution is 5.80. The van der Waals surface area contributed by atoms with Crippen LogP contribution in [-0.2, 0) is 22.6 Å². The van der Waals surface area contributed by atoms with Crippen molar-refractivity contribution in [2.45, 2.75) is 19.4 Å². The van der Waals surface area contributed by atoms with E-state index in [1.54, 1.807) is 7.11 Å². The van der Waals surface area contributed by atoms with E-state index in [1.807, 2.05) is 54.6 Å². The molecule has 0 saturated carbocycles. The first kappa shape index (κ1) is 17.5. The summed E-state index contributed by atoms with van der Waals surface area (Å²) in [5.41, 5.74) is 1.87. The molecule has 0 fully saturated rings. The lowest BCUT2D eigenvalue weighted by Gasteiger charge is -2.10. The summed E-state index contributed by atoms with van der Waals surface area (Å²) >= 11 is 0. The number of rotatable bonds is 8. The lowest BCUT2D eigenvalue weighted by molar-refractivity contribution is -0.122. The summed E-state index contributed by atoms with van der Waals surface area (Å²) < 4.78 is 5.24. The van der Waals surface area contributed by atoms with E-state index in [9.17, 15) is 9.59 Å². The Balaban J connectivity index is 1.67. The molecular weight excluding hydrogens is 304 g/mol. The van der Waals surface area contributed by atoms with Crippen LogP contribution in [0.1, 0.15) is 17.5 Å². The van der Waals surface area contributed by atoms with Crippen LogP contribution in [0.4, 0.5) is 0 Å². The number of carbonyl (C=O) groups excluding carboxylic acids is 2. The molecule has 0 atom stereocenters. The molecule has 24 heavy (non-hydrogen) atoms. The van der Waals surface area contributed by atoms with E-state index >= 15 is 0 Å². The van der Waals surface area contributed by atoms with E-state index < -0.39 is 0 Å². The standard InChI is InChI=1S/C19H22N2O3/c1-24-17-10-6-5-9-16(17)14-21-18(22)11-12-20-19(23)13-15-7-3-2-4-8-15/h2-10H,11-14H2,1H3,(H,20,23)(H,21,22). The number of para-hydroxylation sites is 1. The van der Waals surface area contributed by atoms with Crippen molar-refractivity contribution in [1.29, 1.82) is 0 Å². The normalized spacial score (nSPS) is 10.0. The molecule has 2 N–H and O–H groups in total. The molecule has 2 rings (SSSR count). The Morgan fingerprint density at radius 3 is 2.38 bits per heavy atom. The molecule has 0 spiro atoms. The van der Waals surface area contributed by atoms with Crippen LogP contribution >= 0.6 is 0 Å². The molecule has 0 saturated heterocycles. The summed E-state index contributed by atoms with van der Waals surface area (Å²) in [6.45, 7) is 0.726. The fourth-order valence-corrected chi connectivity index (χ4v) is 2.29. The van der Waals surface area contributed by atoms with Gasteiger partial charge in [0, 0.05) is 25.1 Å². The van der Waals surface area contributed by atoms with Gasteiger partial charge in [-0.05, 0) is 11.6 Å². The number of amides is 2. The summed E-state index contributed by atoms with van der Waals surface area (Å²) in [7, 11) is 1.60. The predicted octanol–water partition coefficient (Wildman–Crippen LogP) is 2.06. The molecule has 0 heterocycles. The molecule has 5 heteroatoms. The minimum Gasteiger partial charge on any atom is -0.496 e. The van der Waals surface area contributed by atoms with Crippen molar-refractivity contribution < 1.29 is 14.3 Å². The smallest absolute Gasteiger partial charge is 0.224 e. The maximum absolute atomic E-state index is 11.9. The van der Waals surface area contributed by atoms with Gasteiger partial charge in [-0.15, -0.1) is 0 Å². The van der Waals surface area contributed by atoms with Crippen LogP contribution in [0, 0.1) is 0 Å². The van der Waals surface area contributed by atoms with E-state index in [-0.39, 0.29) is 18.2 Å². The minimum absolute atomic E-state index is 0.0845. The fraction of sp³-hybridized carbons (Fsp3) is 0.263. The number of hydrogen-bond donors (Lipinski definition) is 2. The van der Waals surface area contributed by atoms with Crippen molar-refractivity contribution in [3.05, 3.63) is 65.7 Å². The van der Waals surface area contributed by atoms with Crippen LogP contribution in [0.2, 0.25) is 0 Å². The van der Waals surface area contributed by atoms with Gasteiger partial charge in [-0.1, -0.05) is 48.5 Å². The first-order valence-electron chi connectivity index (χ1n) is 7.88. The van der Waals surface area contributed by atoms with Crippen molar-refractivity contribution in [3.8, 4) is 5.75 Å². The van der Waals surface area contributed by atoms with E-state index in [0.717, 1.165) is 16.9 Å². The van der Waals surface area contributed by atoms with Gasteiger partial charge < -0.3 is 15.4 Å². The van der Waals surface area contributed by atoms with Crippen LogP contribution in [0.15, 0.2) is 54.6 Å². The molecule has 2 aromatic carbocycles. The second kappa shape index (κ2) is 9.35. The van der Waals surface area contributed by atoms with Gasteiger partial charge in [0.05, 0.1) is 13.5 Å². The third-order valence-corrected chi connectivity index (χ3v) is 3.55. The van der Waals surface area contributed by atoms with E-state index in [4.69, 9.17) is 4.74 Å². The number of nitrogens with one attached hydrogen (secondary N) is 2. The van der Waals surface area contributed by atoms with Crippen LogP contribution in [0.5, 0.6) is 5.75 Å². The van der Waals surface area contributed by atoms with Gasteiger partial charge in [0.1, 0.15) is 5.75 Å². The van der Waals surface area contributed by atoms with Crippen LogP contribution < -0.4 is 15.4 Å². The first-order chi connectivity index (χ1) is 11.7. The Kier molecular flexibility index (Phi) is 6.83. The van der Waals surface area contributed by atoms with Crippen molar-refractivity contribution >= 4 is 11.8 Å². The Bertz CT molecular complexity index is 671. The van der Waals surface area contributed by atoms with Gasteiger partial charge in [0.25, 0.3) is 0 Å². The molecule has 0 aliphatic carbocycles. The molecule has 2 aromatic rings. The average molecular weight is 326 g/mol. The maximum Gasteiger partial charge on any atom is 0.224 e. The Morgan fingerprint density at radius 2 is 1.62 bits per heavy atom. The molecule has 0 aliphatic heterocycles. The lowest BCUT2D eigenvalue weighted by atomic mass is 10.1. The molecule has 0 bridgehead atoms. The summed E-state index contributed by atoms with van der Waals surface area (Å²) in [6, 6.07) is 17.0. The second-order valence-corrected chi connectivity index (χ2v) is 5.35. The van der Waals surface area contributed by atoms with Gasteiger partial charge in [0.2, 0.25) is 11.8 Å². The number of benzene rings is 2. The highest BCUT2D eigenvalue weighted by atomic mass is 16.5. The molecule has 0 unspecified atom stereocenters. The van der Waals surface area contributed by atoms with Gasteiger partial charge in [0.15, 0.2) is 0 Å². The second-order valence-electron chi connectivity index (χ2n) is 5.35. The SMILES string of the molecule is COc1ccccc1CNC(=O)CCNC(=O)Cc1ccccc1. The monoisotopic (exact) mass is 326 g/mol. The van der Waals surface area contributed by atoms with Gasteiger partial charge in [-0.25, -0.2) is 0 Å². The van der Waals surface area contributed by atoms with Gasteiger partial charge >= 0.3 is 0 Å². The van der Waals surface area contributed by atoms with Crippen molar-refractivity contribution in [3.63, 3.8) is 0 Å². The summed E-state index contributed by atoms with van der Waals surface area (Å²) in [6.07, 6.45) is 0.569. The summed E-state index contributed by atoms with van der Waals surface area (Å²) in [5.74, 6) is 0.550. The van der Waals surface area contributed by atoms with Crippen molar-refractivity contribution in [2.75, 3.05) is 13.7 Å². The van der Waals surface area contributed by atoms with Crippen LogP contribution in [0.25, 0.3) is 0 Å². The minimum atomic E-state index is -0.110. The average Bonchev–Trinajstić information content (AvgIpc) is 2.61. The molecule has 0 radical (unpaired) electrons. The largest absolute Gasteiger partial charge is 0.496 e. The Morgan fingerprint density at radius 1 is 0.917 bits per heavy atom. The fourth-order valence-electron chi connectivity index (χ4n) is 2.29. The quantitative estimate of drug-likeness (QED) is 0.780. The third-order valence-electron chi connectivity index (χ3n) is 3.55. The van der Waals surface area contributed by atoms with Gasteiger partial charge in [-0.2, -0.15) is 0 Å². The molecule has 0 aromatic heterocycles. The highest BCUT2D eigenvalue weighted by Crippen LogP contribution is 2.16. The van der Waals surface area contributed by atoms with Crippen LogP contribution in [0.3, 0.4) is 0 Å². The molecular formula is C19H22N2O3. The Hall–Kier alpha value is -2.82. The number of ether oxygens (including phenoxy) is 1. The van der Waals surface area contributed by atoms with Gasteiger partial charge in [-0.3, -0.25) is 9.59 Å². The van der Waals surface area contributed by atoms with E-state index in [1.165, 1.54) is 0 Å². The van der Waals surface area contributed by atoms with Crippen LogP contribution in [-0.4, -0.2) is 25.5 Å². The lowest BCUT2D eigenvalue weighted by Crippen LogP contribution is -2.31. The molecule has 126 valence electrons. The highest BCUT2D eigenvalue weighted by Gasteiger charge is 2.07. The zero-order chi connectivity index (χ0) is 17.2. The molecule has 2 amide bonds. The zero-order valence-electron chi connectivity index (χ0n) is 13.7. The first-order valence-corrected chi connectivity index (χ1v) is 7.88. The molecule has 5 nitrogen and oxygen atoms in total. The Labute approximate surface area is 142 Å².